The average Bonchev–Trinajstić information content (AvgIpc) is 2.54. The predicted octanol–water partition coefficient (Wildman–Crippen LogP) is 3.94. The van der Waals surface area contributed by atoms with E-state index in [1.165, 1.54) is 38.8 Å². The lowest BCUT2D eigenvalue weighted by Crippen LogP contribution is -2.40. The first kappa shape index (κ1) is 16.2. The molecule has 2 rings (SSSR count). The van der Waals surface area contributed by atoms with Gasteiger partial charge in [-0.3, -0.25) is 0 Å². The van der Waals surface area contributed by atoms with E-state index in [1.54, 1.807) is 0 Å². The number of ether oxygens (including phenoxy) is 1. The Kier molecular flexibility index (Phi) is 5.92. The summed E-state index contributed by atoms with van der Waals surface area (Å²) in [5.74, 6) is 0.812. The molecule has 0 spiro atoms. The maximum absolute atomic E-state index is 5.87. The minimum absolute atomic E-state index is 0.617. The highest BCUT2D eigenvalue weighted by molar-refractivity contribution is 5.51. The topological polar surface area (TPSA) is 38.5 Å². The van der Waals surface area contributed by atoms with Crippen LogP contribution in [0.3, 0.4) is 0 Å². The number of rotatable bonds is 7. The third kappa shape index (κ3) is 4.37. The summed E-state index contributed by atoms with van der Waals surface area (Å²) in [5.41, 5.74) is 7.22. The Morgan fingerprint density at radius 3 is 2.43 bits per heavy atom. The Labute approximate surface area is 129 Å². The molecule has 3 heteroatoms. The van der Waals surface area contributed by atoms with Gasteiger partial charge >= 0.3 is 0 Å². The lowest BCUT2D eigenvalue weighted by atomic mass is 9.74. The van der Waals surface area contributed by atoms with E-state index in [9.17, 15) is 0 Å². The molecule has 0 unspecified atom stereocenters. The number of para-hydroxylation sites is 2. The molecule has 1 aromatic rings. The van der Waals surface area contributed by atoms with Crippen LogP contribution in [0.1, 0.15) is 46.0 Å². The summed E-state index contributed by atoms with van der Waals surface area (Å²) in [4.78, 5) is 2.58. The fourth-order valence-corrected chi connectivity index (χ4v) is 3.29. The second-order valence-corrected chi connectivity index (χ2v) is 6.29. The van der Waals surface area contributed by atoms with Gasteiger partial charge in [0.05, 0.1) is 12.3 Å². The van der Waals surface area contributed by atoms with Crippen molar-refractivity contribution in [2.24, 2.45) is 5.41 Å². The smallest absolute Gasteiger partial charge is 0.142 e. The summed E-state index contributed by atoms with van der Waals surface area (Å²) in [6, 6.07) is 7.72. The fraction of sp³-hybridized carbons (Fsp3) is 0.667. The second kappa shape index (κ2) is 7.69. The molecule has 0 aliphatic carbocycles. The van der Waals surface area contributed by atoms with Crippen molar-refractivity contribution in [1.82, 2.24) is 4.90 Å². The van der Waals surface area contributed by atoms with Crippen LogP contribution in [-0.2, 0) is 0 Å². The molecule has 0 aromatic heterocycles. The van der Waals surface area contributed by atoms with Gasteiger partial charge in [-0.2, -0.15) is 0 Å². The highest BCUT2D eigenvalue weighted by Gasteiger charge is 2.30. The summed E-state index contributed by atoms with van der Waals surface area (Å²) < 4.78 is 5.76. The second-order valence-electron chi connectivity index (χ2n) is 6.29. The lowest BCUT2D eigenvalue weighted by Gasteiger charge is -2.41. The minimum Gasteiger partial charge on any atom is -0.491 e. The molecule has 1 aromatic carbocycles. The summed E-state index contributed by atoms with van der Waals surface area (Å²) in [6.45, 7) is 9.06. The fourth-order valence-electron chi connectivity index (χ4n) is 3.29. The van der Waals surface area contributed by atoms with Gasteiger partial charge in [-0.25, -0.2) is 0 Å². The van der Waals surface area contributed by atoms with E-state index < -0.39 is 0 Å². The molecule has 1 fully saturated rings. The van der Waals surface area contributed by atoms with Crippen LogP contribution < -0.4 is 10.5 Å². The largest absolute Gasteiger partial charge is 0.491 e. The molecule has 3 nitrogen and oxygen atoms in total. The maximum atomic E-state index is 5.87. The highest BCUT2D eigenvalue weighted by Crippen LogP contribution is 2.37. The van der Waals surface area contributed by atoms with Crippen LogP contribution >= 0.6 is 0 Å². The van der Waals surface area contributed by atoms with E-state index in [0.717, 1.165) is 31.0 Å². The van der Waals surface area contributed by atoms with E-state index in [-0.39, 0.29) is 0 Å². The summed E-state index contributed by atoms with van der Waals surface area (Å²) >= 11 is 0. The Bertz CT molecular complexity index is 419. The van der Waals surface area contributed by atoms with Crippen LogP contribution in [-0.4, -0.2) is 31.1 Å². The molecule has 0 amide bonds. The number of hydrogen-bond acceptors (Lipinski definition) is 3. The number of nitrogens with zero attached hydrogens (tertiary/aromatic N) is 1. The summed E-state index contributed by atoms with van der Waals surface area (Å²) in [6.07, 6.45) is 6.43. The standard InChI is InChI=1S/C18H30N2O/c1-3-18(4-2)10-13-20(14-11-18)12-7-15-21-17-9-6-5-8-16(17)19/h5-6,8-9H,3-4,7,10-15,19H2,1-2H3. The zero-order valence-corrected chi connectivity index (χ0v) is 13.6. The molecule has 0 atom stereocenters. The third-order valence-electron chi connectivity index (χ3n) is 5.21. The van der Waals surface area contributed by atoms with Gasteiger partial charge in [0, 0.05) is 6.54 Å². The molecule has 21 heavy (non-hydrogen) atoms. The van der Waals surface area contributed by atoms with E-state index in [1.807, 2.05) is 24.3 Å². The highest BCUT2D eigenvalue weighted by atomic mass is 16.5. The van der Waals surface area contributed by atoms with Gasteiger partial charge in [-0.1, -0.05) is 38.8 Å². The van der Waals surface area contributed by atoms with Gasteiger partial charge in [0.25, 0.3) is 0 Å². The first-order valence-corrected chi connectivity index (χ1v) is 8.39. The van der Waals surface area contributed by atoms with Crippen molar-refractivity contribution < 1.29 is 4.74 Å². The Morgan fingerprint density at radius 2 is 1.81 bits per heavy atom. The van der Waals surface area contributed by atoms with Crippen molar-refractivity contribution in [3.63, 3.8) is 0 Å². The van der Waals surface area contributed by atoms with Crippen LogP contribution in [0.5, 0.6) is 5.75 Å². The van der Waals surface area contributed by atoms with Crippen molar-refractivity contribution in [3.05, 3.63) is 24.3 Å². The van der Waals surface area contributed by atoms with E-state index in [2.05, 4.69) is 18.7 Å². The number of benzene rings is 1. The Hall–Kier alpha value is -1.22. The molecule has 1 aliphatic rings. The van der Waals surface area contributed by atoms with Crippen LogP contribution in [0.2, 0.25) is 0 Å². The number of nitrogens with two attached hydrogens (primary N) is 1. The maximum Gasteiger partial charge on any atom is 0.142 e. The average molecular weight is 290 g/mol. The number of anilines is 1. The Balaban J connectivity index is 1.65. The summed E-state index contributed by atoms with van der Waals surface area (Å²) in [5, 5.41) is 0. The predicted molar refractivity (Wildman–Crippen MR) is 89.7 cm³/mol. The van der Waals surface area contributed by atoms with Gasteiger partial charge in [0.1, 0.15) is 5.75 Å². The van der Waals surface area contributed by atoms with Crippen molar-refractivity contribution in [1.29, 1.82) is 0 Å². The molecule has 1 aliphatic heterocycles. The van der Waals surface area contributed by atoms with Gasteiger partial charge in [-0.05, 0) is 49.9 Å². The molecule has 1 saturated heterocycles. The van der Waals surface area contributed by atoms with E-state index in [0.29, 0.717) is 5.41 Å². The molecule has 0 saturated carbocycles. The van der Waals surface area contributed by atoms with Crippen molar-refractivity contribution in [3.8, 4) is 5.75 Å². The minimum atomic E-state index is 0.617. The van der Waals surface area contributed by atoms with Crippen LogP contribution in [0.25, 0.3) is 0 Å². The van der Waals surface area contributed by atoms with Gasteiger partial charge in [0.15, 0.2) is 0 Å². The zero-order valence-electron chi connectivity index (χ0n) is 13.6. The number of hydrogen-bond donors (Lipinski definition) is 1. The molecule has 0 bridgehead atoms. The van der Waals surface area contributed by atoms with Gasteiger partial charge in [0.2, 0.25) is 0 Å². The SMILES string of the molecule is CCC1(CC)CCN(CCCOc2ccccc2N)CC1. The van der Waals surface area contributed by atoms with Gasteiger partial charge in [-0.15, -0.1) is 0 Å². The van der Waals surface area contributed by atoms with Crippen LogP contribution in [0.15, 0.2) is 24.3 Å². The quantitative estimate of drug-likeness (QED) is 0.610. The van der Waals surface area contributed by atoms with E-state index >= 15 is 0 Å². The molecular formula is C18H30N2O. The number of nitrogen functional groups attached to an aromatic ring is 1. The number of likely N-dealkylation sites (tertiary alicyclic amines) is 1. The van der Waals surface area contributed by atoms with Crippen molar-refractivity contribution in [2.75, 3.05) is 32.0 Å². The molecule has 2 N–H and O–H groups in total. The molecular weight excluding hydrogens is 260 g/mol. The van der Waals surface area contributed by atoms with Gasteiger partial charge < -0.3 is 15.4 Å². The first-order chi connectivity index (χ1) is 10.2. The van der Waals surface area contributed by atoms with Crippen molar-refractivity contribution in [2.45, 2.75) is 46.0 Å². The first-order valence-electron chi connectivity index (χ1n) is 8.39. The lowest BCUT2D eigenvalue weighted by molar-refractivity contribution is 0.0915. The van der Waals surface area contributed by atoms with E-state index in [4.69, 9.17) is 10.5 Å². The monoisotopic (exact) mass is 290 g/mol. The molecule has 118 valence electrons. The third-order valence-corrected chi connectivity index (χ3v) is 5.21. The molecule has 0 radical (unpaired) electrons. The summed E-state index contributed by atoms with van der Waals surface area (Å²) in [7, 11) is 0. The normalized spacial score (nSPS) is 18.6. The Morgan fingerprint density at radius 1 is 1.14 bits per heavy atom. The number of piperidine rings is 1. The van der Waals surface area contributed by atoms with Crippen molar-refractivity contribution >= 4 is 5.69 Å². The van der Waals surface area contributed by atoms with Crippen LogP contribution in [0, 0.1) is 5.41 Å². The zero-order chi connectivity index (χ0) is 15.1. The molecule has 1 heterocycles. The van der Waals surface area contributed by atoms with Crippen LogP contribution in [0.4, 0.5) is 5.69 Å².